The van der Waals surface area contributed by atoms with Crippen molar-refractivity contribution in [3.05, 3.63) is 23.2 Å². The van der Waals surface area contributed by atoms with Crippen molar-refractivity contribution in [3.8, 4) is 5.75 Å². The zero-order valence-electron chi connectivity index (χ0n) is 14.3. The van der Waals surface area contributed by atoms with Crippen molar-refractivity contribution in [1.29, 1.82) is 0 Å². The lowest BCUT2D eigenvalue weighted by atomic mass is 10.1. The normalized spacial score (nSPS) is 13.2. The van der Waals surface area contributed by atoms with Crippen molar-refractivity contribution in [2.75, 3.05) is 13.4 Å². The fourth-order valence-electron chi connectivity index (χ4n) is 2.10. The Morgan fingerprint density at radius 1 is 1.50 bits per heavy atom. The zero-order chi connectivity index (χ0) is 17.7. The van der Waals surface area contributed by atoms with Gasteiger partial charge in [-0.1, -0.05) is 5.16 Å². The van der Waals surface area contributed by atoms with Crippen molar-refractivity contribution in [3.63, 3.8) is 0 Å². The maximum Gasteiger partial charge on any atom is 0.272 e. The van der Waals surface area contributed by atoms with Crippen molar-refractivity contribution in [2.24, 2.45) is 5.16 Å². The molecular formula is C16H21N3O3S2. The Kier molecular flexibility index (Phi) is 6.06. The van der Waals surface area contributed by atoms with Crippen LogP contribution >= 0.6 is 23.1 Å². The van der Waals surface area contributed by atoms with Gasteiger partial charge in [-0.3, -0.25) is 4.79 Å². The number of carbonyl (C=O) groups is 1. The molecule has 0 saturated carbocycles. The Morgan fingerprint density at radius 2 is 2.25 bits per heavy atom. The van der Waals surface area contributed by atoms with Gasteiger partial charge < -0.3 is 14.9 Å². The summed E-state index contributed by atoms with van der Waals surface area (Å²) in [5.74, 6) is 0.430. The minimum atomic E-state index is -0.662. The number of hydrogen-bond acceptors (Lipinski definition) is 7. The summed E-state index contributed by atoms with van der Waals surface area (Å²) in [6.45, 7) is 5.64. The first-order chi connectivity index (χ1) is 11.4. The monoisotopic (exact) mass is 367 g/mol. The molecule has 0 spiro atoms. The summed E-state index contributed by atoms with van der Waals surface area (Å²) in [5.41, 5.74) is 2.50. The van der Waals surface area contributed by atoms with Crippen LogP contribution in [0.15, 0.2) is 22.8 Å². The SMILES string of the molecule is CON=CC(C)(C)NC(=O)C(Oc1cc(C)c2ncsc2c1)SC. The van der Waals surface area contributed by atoms with Crippen LogP contribution < -0.4 is 10.1 Å². The van der Waals surface area contributed by atoms with E-state index in [0.29, 0.717) is 5.75 Å². The molecule has 0 radical (unpaired) electrons. The van der Waals surface area contributed by atoms with Crippen molar-refractivity contribution >= 4 is 45.4 Å². The van der Waals surface area contributed by atoms with Gasteiger partial charge in [-0.2, -0.15) is 0 Å². The summed E-state index contributed by atoms with van der Waals surface area (Å²) < 4.78 is 6.93. The van der Waals surface area contributed by atoms with Gasteiger partial charge in [0.1, 0.15) is 12.9 Å². The van der Waals surface area contributed by atoms with E-state index in [1.165, 1.54) is 25.1 Å². The number of ether oxygens (including phenoxy) is 1. The average molecular weight is 367 g/mol. The largest absolute Gasteiger partial charge is 0.470 e. The van der Waals surface area contributed by atoms with Crippen LogP contribution in [0.25, 0.3) is 10.2 Å². The molecule has 1 aromatic heterocycles. The summed E-state index contributed by atoms with van der Waals surface area (Å²) in [6, 6.07) is 3.81. The van der Waals surface area contributed by atoms with Crippen LogP contribution in [-0.2, 0) is 9.63 Å². The molecule has 1 N–H and O–H groups in total. The van der Waals surface area contributed by atoms with E-state index in [1.807, 2.05) is 39.2 Å². The summed E-state index contributed by atoms with van der Waals surface area (Å²) in [5, 5.41) is 6.60. The number of fused-ring (bicyclic) bond motifs is 1. The van der Waals surface area contributed by atoms with Gasteiger partial charge in [-0.25, -0.2) is 4.98 Å². The topological polar surface area (TPSA) is 72.8 Å². The van der Waals surface area contributed by atoms with Crippen LogP contribution in [0.1, 0.15) is 19.4 Å². The quantitative estimate of drug-likeness (QED) is 0.462. The smallest absolute Gasteiger partial charge is 0.272 e. The van der Waals surface area contributed by atoms with Gasteiger partial charge >= 0.3 is 0 Å². The molecule has 24 heavy (non-hydrogen) atoms. The lowest BCUT2D eigenvalue weighted by molar-refractivity contribution is -0.125. The number of aromatic nitrogens is 1. The fraction of sp³-hybridized carbons (Fsp3) is 0.438. The second kappa shape index (κ2) is 7.85. The number of oxime groups is 1. The summed E-state index contributed by atoms with van der Waals surface area (Å²) in [6.07, 6.45) is 3.37. The van der Waals surface area contributed by atoms with Crippen LogP contribution in [0.2, 0.25) is 0 Å². The second-order valence-corrected chi connectivity index (χ2v) is 7.54. The number of carbonyl (C=O) groups excluding carboxylic acids is 1. The van der Waals surface area contributed by atoms with Crippen LogP contribution in [0.4, 0.5) is 0 Å². The number of aryl methyl sites for hydroxylation is 1. The standard InChI is InChI=1S/C16H21N3O3S2/c1-10-6-11(7-12-13(10)17-9-24-12)22-15(23-5)14(20)19-16(2,3)8-18-21-4/h6-9,15H,1-5H3,(H,19,20). The van der Waals surface area contributed by atoms with E-state index in [2.05, 4.69) is 20.3 Å². The third-order valence-corrected chi connectivity index (χ3v) is 4.71. The molecule has 0 bridgehead atoms. The molecule has 1 heterocycles. The fourth-order valence-corrected chi connectivity index (χ4v) is 3.36. The molecule has 0 saturated heterocycles. The van der Waals surface area contributed by atoms with Crippen molar-refractivity contribution in [2.45, 2.75) is 31.7 Å². The average Bonchev–Trinajstić information content (AvgIpc) is 2.99. The van der Waals surface area contributed by atoms with E-state index in [9.17, 15) is 4.79 Å². The van der Waals surface area contributed by atoms with E-state index in [-0.39, 0.29) is 5.91 Å². The Morgan fingerprint density at radius 3 is 2.92 bits per heavy atom. The first-order valence-corrected chi connectivity index (χ1v) is 9.46. The highest BCUT2D eigenvalue weighted by Crippen LogP contribution is 2.28. The Labute approximate surface area is 149 Å². The second-order valence-electron chi connectivity index (χ2n) is 5.75. The maximum atomic E-state index is 12.5. The number of hydrogen-bond donors (Lipinski definition) is 1. The third kappa shape index (κ3) is 4.61. The van der Waals surface area contributed by atoms with Crippen LogP contribution in [0.3, 0.4) is 0 Å². The number of thiazole rings is 1. The van der Waals surface area contributed by atoms with E-state index < -0.39 is 11.0 Å². The molecule has 1 aromatic carbocycles. The maximum absolute atomic E-state index is 12.5. The Bertz CT molecular complexity index is 743. The predicted molar refractivity (Wildman–Crippen MR) is 100 cm³/mol. The molecular weight excluding hydrogens is 346 g/mol. The zero-order valence-corrected chi connectivity index (χ0v) is 16.0. The highest BCUT2D eigenvalue weighted by atomic mass is 32.2. The Balaban J connectivity index is 2.12. The molecule has 0 aliphatic rings. The van der Waals surface area contributed by atoms with Crippen LogP contribution in [-0.4, -0.2) is 41.4 Å². The molecule has 1 amide bonds. The van der Waals surface area contributed by atoms with E-state index in [4.69, 9.17) is 4.74 Å². The van der Waals surface area contributed by atoms with Gasteiger partial charge in [-0.15, -0.1) is 23.1 Å². The van der Waals surface area contributed by atoms with E-state index in [0.717, 1.165) is 15.8 Å². The van der Waals surface area contributed by atoms with Crippen molar-refractivity contribution < 1.29 is 14.4 Å². The molecule has 6 nitrogen and oxygen atoms in total. The minimum Gasteiger partial charge on any atom is -0.470 e. The molecule has 2 rings (SSSR count). The lowest BCUT2D eigenvalue weighted by Crippen LogP contribution is -2.49. The number of thioether (sulfide) groups is 1. The first-order valence-electron chi connectivity index (χ1n) is 7.29. The van der Waals surface area contributed by atoms with Crippen molar-refractivity contribution in [1.82, 2.24) is 10.3 Å². The Hall–Kier alpha value is -1.80. The lowest BCUT2D eigenvalue weighted by Gasteiger charge is -2.24. The number of rotatable bonds is 7. The van der Waals surface area contributed by atoms with Gasteiger partial charge in [-0.05, 0) is 44.7 Å². The summed E-state index contributed by atoms with van der Waals surface area (Å²) in [4.78, 5) is 21.5. The van der Waals surface area contributed by atoms with E-state index in [1.54, 1.807) is 16.8 Å². The molecule has 1 unspecified atom stereocenters. The molecule has 0 aliphatic carbocycles. The summed E-state index contributed by atoms with van der Waals surface area (Å²) >= 11 is 2.88. The van der Waals surface area contributed by atoms with E-state index >= 15 is 0 Å². The third-order valence-electron chi connectivity index (χ3n) is 3.20. The van der Waals surface area contributed by atoms with Gasteiger partial charge in [0.25, 0.3) is 5.91 Å². The molecule has 0 fully saturated rings. The molecule has 2 aromatic rings. The highest BCUT2D eigenvalue weighted by molar-refractivity contribution is 7.99. The predicted octanol–water partition coefficient (Wildman–Crippen LogP) is 3.20. The number of nitrogens with one attached hydrogen (secondary N) is 1. The molecule has 1 atom stereocenters. The van der Waals surface area contributed by atoms with Gasteiger partial charge in [0.2, 0.25) is 5.44 Å². The minimum absolute atomic E-state index is 0.225. The summed E-state index contributed by atoms with van der Waals surface area (Å²) in [7, 11) is 1.46. The molecule has 8 heteroatoms. The highest BCUT2D eigenvalue weighted by Gasteiger charge is 2.26. The number of benzene rings is 1. The van der Waals surface area contributed by atoms with Crippen LogP contribution in [0, 0.1) is 6.92 Å². The molecule has 0 aliphatic heterocycles. The van der Waals surface area contributed by atoms with Gasteiger partial charge in [0.05, 0.1) is 27.5 Å². The number of nitrogens with zero attached hydrogens (tertiary/aromatic N) is 2. The van der Waals surface area contributed by atoms with Gasteiger partial charge in [0.15, 0.2) is 0 Å². The number of amides is 1. The first kappa shape index (κ1) is 18.5. The van der Waals surface area contributed by atoms with Gasteiger partial charge in [0, 0.05) is 0 Å². The molecule has 130 valence electrons. The van der Waals surface area contributed by atoms with Crippen LogP contribution in [0.5, 0.6) is 5.75 Å².